The Morgan fingerprint density at radius 2 is 1.63 bits per heavy atom. The van der Waals surface area contributed by atoms with Crippen LogP contribution in [0.3, 0.4) is 0 Å². The van der Waals surface area contributed by atoms with Gasteiger partial charge in [0.2, 0.25) is 5.91 Å². The molecule has 1 N–H and O–H groups in total. The lowest BCUT2D eigenvalue weighted by molar-refractivity contribution is -0.384. The van der Waals surface area contributed by atoms with Gasteiger partial charge >= 0.3 is 0 Å². The Morgan fingerprint density at radius 1 is 0.907 bits per heavy atom. The molecule has 0 bridgehead atoms. The van der Waals surface area contributed by atoms with E-state index >= 15 is 0 Å². The first-order chi connectivity index (χ1) is 20.7. The van der Waals surface area contributed by atoms with Crippen LogP contribution in [-0.4, -0.2) is 33.3 Å². The Balaban J connectivity index is 1.52. The number of nitro groups is 1. The lowest BCUT2D eigenvalue weighted by Crippen LogP contribution is -2.49. The number of carbonyl (C=O) groups is 3. The van der Waals surface area contributed by atoms with Crippen LogP contribution in [0.15, 0.2) is 97.2 Å². The normalized spacial score (nSPS) is 23.0. The van der Waals surface area contributed by atoms with Gasteiger partial charge in [-0.2, -0.15) is 0 Å². The fraction of sp³-hybridized carbons (Fsp3) is 0.121. The number of fused-ring (bicyclic) bond motifs is 6. The largest absolute Gasteiger partial charge is 0.358 e. The molecule has 0 aromatic heterocycles. The number of ketones is 2. The summed E-state index contributed by atoms with van der Waals surface area (Å²) in [6.45, 7) is 0. The van der Waals surface area contributed by atoms with Crippen molar-refractivity contribution in [2.75, 3.05) is 5.32 Å². The first-order valence-corrected chi connectivity index (χ1v) is 14.2. The molecule has 0 radical (unpaired) electrons. The molecule has 3 aliphatic heterocycles. The first kappa shape index (κ1) is 27.1. The molecule has 0 aliphatic carbocycles. The molecule has 4 atom stereocenters. The molecule has 1 saturated heterocycles. The lowest BCUT2D eigenvalue weighted by atomic mass is 9.62. The van der Waals surface area contributed by atoms with Crippen LogP contribution in [0.1, 0.15) is 43.4 Å². The zero-order valence-electron chi connectivity index (χ0n) is 22.2. The Labute approximate surface area is 255 Å². The van der Waals surface area contributed by atoms with E-state index in [0.717, 1.165) is 11.1 Å². The summed E-state index contributed by atoms with van der Waals surface area (Å²) in [7, 11) is 0. The molecule has 212 valence electrons. The quantitative estimate of drug-likeness (QED) is 0.150. The second-order valence-corrected chi connectivity index (χ2v) is 11.6. The predicted molar refractivity (Wildman–Crippen MR) is 162 cm³/mol. The second kappa shape index (κ2) is 9.90. The minimum absolute atomic E-state index is 0.120. The van der Waals surface area contributed by atoms with Crippen LogP contribution in [0.4, 0.5) is 11.4 Å². The number of non-ortho nitro benzene ring substituents is 1. The monoisotopic (exact) mass is 609 g/mol. The number of nitrogens with one attached hydrogen (secondary N) is 1. The van der Waals surface area contributed by atoms with Crippen molar-refractivity contribution < 1.29 is 19.3 Å². The molecule has 1 fully saturated rings. The average molecular weight is 610 g/mol. The first-order valence-electron chi connectivity index (χ1n) is 13.5. The van der Waals surface area contributed by atoms with Gasteiger partial charge in [-0.1, -0.05) is 65.7 Å². The van der Waals surface area contributed by atoms with E-state index in [2.05, 4.69) is 5.32 Å². The molecule has 1 amide bonds. The molecule has 10 heteroatoms. The van der Waals surface area contributed by atoms with Crippen LogP contribution in [0.25, 0.3) is 6.08 Å². The number of para-hydroxylation sites is 1. The van der Waals surface area contributed by atoms with Crippen LogP contribution in [0.5, 0.6) is 0 Å². The van der Waals surface area contributed by atoms with Gasteiger partial charge in [0, 0.05) is 40.2 Å². The van der Waals surface area contributed by atoms with Crippen LogP contribution in [0.2, 0.25) is 10.0 Å². The molecule has 4 aromatic carbocycles. The number of carbonyl (C=O) groups excluding carboxylic acids is 3. The maximum absolute atomic E-state index is 14.8. The third-order valence-electron chi connectivity index (χ3n) is 8.68. The Morgan fingerprint density at radius 3 is 2.37 bits per heavy atom. The summed E-state index contributed by atoms with van der Waals surface area (Å²) in [4.78, 5) is 56.5. The maximum atomic E-state index is 14.8. The predicted octanol–water partition coefficient (Wildman–Crippen LogP) is 6.88. The summed E-state index contributed by atoms with van der Waals surface area (Å²) >= 11 is 12.7. The third kappa shape index (κ3) is 3.87. The highest BCUT2D eigenvalue weighted by Crippen LogP contribution is 2.62. The van der Waals surface area contributed by atoms with Crippen molar-refractivity contribution in [3.63, 3.8) is 0 Å². The zero-order valence-corrected chi connectivity index (χ0v) is 23.8. The molecule has 8 nitrogen and oxygen atoms in total. The number of rotatable bonds is 5. The topological polar surface area (TPSA) is 110 Å². The van der Waals surface area contributed by atoms with E-state index in [-0.39, 0.29) is 21.8 Å². The van der Waals surface area contributed by atoms with Gasteiger partial charge in [-0.15, -0.1) is 0 Å². The summed E-state index contributed by atoms with van der Waals surface area (Å²) < 4.78 is 0. The van der Waals surface area contributed by atoms with Crippen molar-refractivity contribution in [2.24, 2.45) is 5.92 Å². The fourth-order valence-electron chi connectivity index (χ4n) is 6.94. The summed E-state index contributed by atoms with van der Waals surface area (Å²) in [5.41, 5.74) is 1.38. The number of anilines is 1. The summed E-state index contributed by atoms with van der Waals surface area (Å²) in [6, 6.07) is 22.6. The minimum atomic E-state index is -1.53. The Hall–Kier alpha value is -4.79. The Bertz CT molecular complexity index is 1910. The average Bonchev–Trinajstić information content (AvgIpc) is 3.48. The standard InChI is InChI=1S/C33H21Cl2N3O5/c34-20-11-14-23(25(35)17-20)30(40)28-27(29(39)19-9-12-21(13-10-19)38(42)43)33(24-7-3-4-8-26(24)36-32(33)41)31-22-6-2-1-5-18(22)15-16-37(28)31/h1-17,27-28,31H,(H,36,41)/t27-,28+,31-,33+/m0/s1. The SMILES string of the molecule is O=C(c1ccc([N+](=O)[O-])cc1)[C@@H]1[C@H](C(=O)c2ccc(Cl)cc2Cl)N2C=Cc3ccccc3[C@H]2[C@]12C(=O)Nc1ccccc12. The molecule has 1 spiro atoms. The van der Waals surface area contributed by atoms with Gasteiger partial charge in [0.1, 0.15) is 11.5 Å². The van der Waals surface area contributed by atoms with E-state index in [1.54, 1.807) is 35.4 Å². The van der Waals surface area contributed by atoms with Gasteiger partial charge in [0.05, 0.1) is 21.9 Å². The number of halogens is 2. The highest BCUT2D eigenvalue weighted by atomic mass is 35.5. The number of hydrogen-bond donors (Lipinski definition) is 1. The molecular formula is C33H21Cl2N3O5. The van der Waals surface area contributed by atoms with Crippen LogP contribution in [-0.2, 0) is 10.2 Å². The van der Waals surface area contributed by atoms with Crippen molar-refractivity contribution >= 4 is 58.1 Å². The number of nitrogens with zero attached hydrogens (tertiary/aromatic N) is 2. The Kier molecular flexibility index (Phi) is 6.23. The molecule has 0 saturated carbocycles. The molecular weight excluding hydrogens is 589 g/mol. The number of nitro benzene ring substituents is 1. The highest BCUT2D eigenvalue weighted by Gasteiger charge is 2.70. The van der Waals surface area contributed by atoms with Gasteiger partial charge in [0.15, 0.2) is 11.6 Å². The molecule has 3 aliphatic rings. The van der Waals surface area contributed by atoms with E-state index < -0.39 is 45.8 Å². The van der Waals surface area contributed by atoms with Crippen molar-refractivity contribution in [1.82, 2.24) is 4.90 Å². The van der Waals surface area contributed by atoms with Gasteiger partial charge in [-0.05, 0) is 59.2 Å². The summed E-state index contributed by atoms with van der Waals surface area (Å²) in [5.74, 6) is -2.60. The van der Waals surface area contributed by atoms with E-state index in [0.29, 0.717) is 16.3 Å². The third-order valence-corrected chi connectivity index (χ3v) is 9.23. The van der Waals surface area contributed by atoms with Crippen molar-refractivity contribution in [2.45, 2.75) is 17.5 Å². The molecule has 7 rings (SSSR count). The number of Topliss-reactive ketones (excluding diaryl/α,β-unsaturated/α-hetero) is 2. The molecule has 4 aromatic rings. The van der Waals surface area contributed by atoms with Crippen molar-refractivity contribution in [3.8, 4) is 0 Å². The van der Waals surface area contributed by atoms with Gasteiger partial charge < -0.3 is 10.2 Å². The van der Waals surface area contributed by atoms with Crippen LogP contribution < -0.4 is 5.32 Å². The molecule has 43 heavy (non-hydrogen) atoms. The van der Waals surface area contributed by atoms with Crippen LogP contribution >= 0.6 is 23.2 Å². The number of amides is 1. The summed E-state index contributed by atoms with van der Waals surface area (Å²) in [6.07, 6.45) is 3.62. The van der Waals surface area contributed by atoms with E-state index in [1.165, 1.54) is 36.4 Å². The second-order valence-electron chi connectivity index (χ2n) is 10.7. The lowest BCUT2D eigenvalue weighted by Gasteiger charge is -2.38. The molecule has 3 heterocycles. The van der Waals surface area contributed by atoms with Gasteiger partial charge in [-0.25, -0.2) is 0 Å². The zero-order chi connectivity index (χ0) is 30.0. The minimum Gasteiger partial charge on any atom is -0.358 e. The van der Waals surface area contributed by atoms with Crippen molar-refractivity contribution in [1.29, 1.82) is 0 Å². The summed E-state index contributed by atoms with van der Waals surface area (Å²) in [5, 5.41) is 14.8. The smallest absolute Gasteiger partial charge is 0.269 e. The van der Waals surface area contributed by atoms with Crippen molar-refractivity contribution in [3.05, 3.63) is 145 Å². The molecule has 0 unspecified atom stereocenters. The fourth-order valence-corrected chi connectivity index (χ4v) is 7.44. The van der Waals surface area contributed by atoms with E-state index in [4.69, 9.17) is 23.2 Å². The van der Waals surface area contributed by atoms with E-state index in [1.807, 2.05) is 36.4 Å². The number of hydrogen-bond acceptors (Lipinski definition) is 6. The number of benzene rings is 4. The maximum Gasteiger partial charge on any atom is 0.269 e. The van der Waals surface area contributed by atoms with E-state index in [9.17, 15) is 24.5 Å². The highest BCUT2D eigenvalue weighted by molar-refractivity contribution is 6.37. The van der Waals surface area contributed by atoms with Crippen LogP contribution in [0, 0.1) is 16.0 Å². The van der Waals surface area contributed by atoms with Gasteiger partial charge in [0.25, 0.3) is 5.69 Å². The van der Waals surface area contributed by atoms with Gasteiger partial charge in [-0.3, -0.25) is 24.5 Å².